The summed E-state index contributed by atoms with van der Waals surface area (Å²) in [5.41, 5.74) is 0.943. The molecule has 176 valence electrons. The Balaban J connectivity index is 2.42. The molecule has 0 unspecified atom stereocenters. The number of rotatable bonds is 14. The maximum Gasteiger partial charge on any atom is 0.408 e. The molecule has 4 N–H and O–H groups in total. The number of carboxylic acid groups (broad SMARTS) is 2. The van der Waals surface area contributed by atoms with Crippen LogP contribution < -0.4 is 10.6 Å². The number of hydrogen-bond donors (Lipinski definition) is 4. The second-order valence-electron chi connectivity index (χ2n) is 7.16. The van der Waals surface area contributed by atoms with Crippen molar-refractivity contribution in [2.75, 3.05) is 6.54 Å². The topological polar surface area (TPSA) is 159 Å². The Kier molecular flexibility index (Phi) is 11.5. The predicted molar refractivity (Wildman–Crippen MR) is 115 cm³/mol. The molecule has 0 aromatic heterocycles. The van der Waals surface area contributed by atoms with Crippen molar-refractivity contribution < 1.29 is 38.9 Å². The van der Waals surface area contributed by atoms with Gasteiger partial charge in [-0.2, -0.15) is 0 Å². The lowest BCUT2D eigenvalue weighted by Crippen LogP contribution is -2.43. The smallest absolute Gasteiger partial charge is 0.408 e. The van der Waals surface area contributed by atoms with Gasteiger partial charge in [-0.1, -0.05) is 32.4 Å². The summed E-state index contributed by atoms with van der Waals surface area (Å²) in [5, 5.41) is 23.1. The molecule has 0 radical (unpaired) electrons. The van der Waals surface area contributed by atoms with Crippen LogP contribution in [0.25, 0.3) is 0 Å². The first-order chi connectivity index (χ1) is 15.2. The quantitative estimate of drug-likeness (QED) is 0.249. The summed E-state index contributed by atoms with van der Waals surface area (Å²) in [7, 11) is 0. The van der Waals surface area contributed by atoms with Crippen LogP contribution in [-0.4, -0.2) is 58.6 Å². The largest absolute Gasteiger partial charge is 0.480 e. The molecule has 32 heavy (non-hydrogen) atoms. The molecule has 0 aliphatic heterocycles. The number of carboxylic acids is 2. The number of ether oxygens (including phenoxy) is 1. The van der Waals surface area contributed by atoms with E-state index in [4.69, 9.17) is 9.84 Å². The maximum atomic E-state index is 12.1. The molecule has 0 heterocycles. The molecule has 10 heteroatoms. The van der Waals surface area contributed by atoms with Gasteiger partial charge in [-0.3, -0.25) is 9.59 Å². The molecule has 2 atom stereocenters. The van der Waals surface area contributed by atoms with E-state index in [1.807, 2.05) is 0 Å². The molecule has 0 aliphatic carbocycles. The van der Waals surface area contributed by atoms with E-state index in [2.05, 4.69) is 10.6 Å². The van der Waals surface area contributed by atoms with Crippen LogP contribution in [0.5, 0.6) is 0 Å². The summed E-state index contributed by atoms with van der Waals surface area (Å²) in [5.74, 6) is -2.89. The first-order valence-corrected chi connectivity index (χ1v) is 10.5. The van der Waals surface area contributed by atoms with Gasteiger partial charge in [-0.05, 0) is 37.8 Å². The second-order valence-corrected chi connectivity index (χ2v) is 7.16. The van der Waals surface area contributed by atoms with E-state index in [0.29, 0.717) is 36.8 Å². The first-order valence-electron chi connectivity index (χ1n) is 10.5. The first kappa shape index (κ1) is 26.6. The van der Waals surface area contributed by atoms with Crippen molar-refractivity contribution in [2.24, 2.45) is 0 Å². The maximum absolute atomic E-state index is 12.1. The molecule has 2 amide bonds. The van der Waals surface area contributed by atoms with Crippen LogP contribution in [0.3, 0.4) is 0 Å². The molecule has 0 saturated heterocycles. The molecule has 0 spiro atoms. The molecule has 10 nitrogen and oxygen atoms in total. The standard InChI is InChI=1S/C22H30N2O8/c1-3-7-16(20(27)28)24-22(31)32-18(21(29)30)8-5-6-13-23-19(26)15-11-9-14(10-12-15)17(25)4-2/h9-12,16,18H,3-8,13H2,1-2H3,(H,23,26)(H,24,31)(H,27,28)(H,29,30)/t16-,18-/m0/s1. The lowest BCUT2D eigenvalue weighted by molar-refractivity contribution is -0.147. The van der Waals surface area contributed by atoms with Crippen molar-refractivity contribution in [3.8, 4) is 0 Å². The third kappa shape index (κ3) is 9.15. The van der Waals surface area contributed by atoms with Crippen LogP contribution in [0.4, 0.5) is 4.79 Å². The van der Waals surface area contributed by atoms with Gasteiger partial charge in [0.05, 0.1) is 0 Å². The molecule has 0 saturated carbocycles. The van der Waals surface area contributed by atoms with Crippen molar-refractivity contribution in [2.45, 2.75) is 64.5 Å². The van der Waals surface area contributed by atoms with E-state index < -0.39 is 30.2 Å². The van der Waals surface area contributed by atoms with E-state index in [0.717, 1.165) is 0 Å². The van der Waals surface area contributed by atoms with Gasteiger partial charge in [-0.15, -0.1) is 0 Å². The van der Waals surface area contributed by atoms with Crippen LogP contribution in [-0.2, 0) is 14.3 Å². The van der Waals surface area contributed by atoms with E-state index in [9.17, 15) is 29.1 Å². The summed E-state index contributed by atoms with van der Waals surface area (Å²) in [6.07, 6.45) is -0.620. The second kappa shape index (κ2) is 13.8. The number of ketones is 1. The number of hydrogen-bond acceptors (Lipinski definition) is 6. The average Bonchev–Trinajstić information content (AvgIpc) is 2.76. The van der Waals surface area contributed by atoms with E-state index in [1.165, 1.54) is 0 Å². The van der Waals surface area contributed by atoms with Gasteiger partial charge < -0.3 is 25.6 Å². The fourth-order valence-electron chi connectivity index (χ4n) is 2.85. The van der Waals surface area contributed by atoms with Crippen LogP contribution in [0, 0.1) is 0 Å². The molecule has 1 aromatic carbocycles. The molecular formula is C22H30N2O8. The Labute approximate surface area is 186 Å². The summed E-state index contributed by atoms with van der Waals surface area (Å²) in [6.45, 7) is 3.80. The normalized spacial score (nSPS) is 12.3. The van der Waals surface area contributed by atoms with Crippen LogP contribution >= 0.6 is 0 Å². The molecule has 1 aromatic rings. The number of benzene rings is 1. The van der Waals surface area contributed by atoms with Crippen molar-refractivity contribution in [1.82, 2.24) is 10.6 Å². The van der Waals surface area contributed by atoms with Crippen LogP contribution in [0.1, 0.15) is 73.1 Å². The van der Waals surface area contributed by atoms with Gasteiger partial charge in [0.1, 0.15) is 6.04 Å². The highest BCUT2D eigenvalue weighted by Gasteiger charge is 2.25. The van der Waals surface area contributed by atoms with Gasteiger partial charge in [0.15, 0.2) is 5.78 Å². The summed E-state index contributed by atoms with van der Waals surface area (Å²) < 4.78 is 4.85. The average molecular weight is 450 g/mol. The molecule has 0 bridgehead atoms. The summed E-state index contributed by atoms with van der Waals surface area (Å²) in [4.78, 5) is 58.0. The third-order valence-corrected chi connectivity index (χ3v) is 4.66. The van der Waals surface area contributed by atoms with Crippen LogP contribution in [0.2, 0.25) is 0 Å². The Morgan fingerprint density at radius 2 is 1.53 bits per heavy atom. The lowest BCUT2D eigenvalue weighted by Gasteiger charge is -2.17. The number of carbonyl (C=O) groups excluding carboxylic acids is 3. The third-order valence-electron chi connectivity index (χ3n) is 4.66. The van der Waals surface area contributed by atoms with Gasteiger partial charge in [0, 0.05) is 24.1 Å². The van der Waals surface area contributed by atoms with Crippen molar-refractivity contribution in [1.29, 1.82) is 0 Å². The fraction of sp³-hybridized carbons (Fsp3) is 0.500. The Hall–Kier alpha value is -3.43. The number of alkyl carbamates (subject to hydrolysis) is 1. The minimum Gasteiger partial charge on any atom is -0.480 e. The zero-order valence-corrected chi connectivity index (χ0v) is 18.3. The zero-order chi connectivity index (χ0) is 24.1. The highest BCUT2D eigenvalue weighted by Crippen LogP contribution is 2.09. The fourth-order valence-corrected chi connectivity index (χ4v) is 2.85. The number of nitrogens with one attached hydrogen (secondary N) is 2. The minimum atomic E-state index is -1.43. The molecule has 0 aliphatic rings. The van der Waals surface area contributed by atoms with E-state index in [1.54, 1.807) is 38.1 Å². The molecular weight excluding hydrogens is 420 g/mol. The number of carbonyl (C=O) groups is 5. The van der Waals surface area contributed by atoms with Gasteiger partial charge in [0.2, 0.25) is 6.10 Å². The van der Waals surface area contributed by atoms with Gasteiger partial charge in [-0.25, -0.2) is 14.4 Å². The van der Waals surface area contributed by atoms with E-state index in [-0.39, 0.29) is 31.1 Å². The Morgan fingerprint density at radius 1 is 0.906 bits per heavy atom. The van der Waals surface area contributed by atoms with Crippen molar-refractivity contribution in [3.63, 3.8) is 0 Å². The number of Topliss-reactive ketones (excluding diaryl/α,β-unsaturated/α-hetero) is 1. The SMILES string of the molecule is CCC[C@H](NC(=O)O[C@@H](CCCCNC(=O)c1ccc(C(=O)CC)cc1)C(=O)O)C(=O)O. The zero-order valence-electron chi connectivity index (χ0n) is 18.3. The molecule has 0 fully saturated rings. The number of aliphatic carboxylic acids is 2. The number of unbranched alkanes of at least 4 members (excludes halogenated alkanes) is 1. The Morgan fingerprint density at radius 3 is 2.06 bits per heavy atom. The Bertz CT molecular complexity index is 807. The van der Waals surface area contributed by atoms with Crippen LogP contribution in [0.15, 0.2) is 24.3 Å². The molecule has 1 rings (SSSR count). The highest BCUT2D eigenvalue weighted by molar-refractivity contribution is 5.98. The van der Waals surface area contributed by atoms with Crippen molar-refractivity contribution in [3.05, 3.63) is 35.4 Å². The summed E-state index contributed by atoms with van der Waals surface area (Å²) in [6, 6.07) is 5.17. The van der Waals surface area contributed by atoms with Gasteiger partial charge in [0.25, 0.3) is 5.91 Å². The monoisotopic (exact) mass is 450 g/mol. The number of amides is 2. The van der Waals surface area contributed by atoms with E-state index >= 15 is 0 Å². The minimum absolute atomic E-state index is 0.00955. The van der Waals surface area contributed by atoms with Crippen molar-refractivity contribution >= 4 is 29.7 Å². The highest BCUT2D eigenvalue weighted by atomic mass is 16.6. The van der Waals surface area contributed by atoms with Gasteiger partial charge >= 0.3 is 18.0 Å². The predicted octanol–water partition coefficient (Wildman–Crippen LogP) is 2.61. The summed E-state index contributed by atoms with van der Waals surface area (Å²) >= 11 is 0. The lowest BCUT2D eigenvalue weighted by atomic mass is 10.1.